The average molecular weight is 871 g/mol. The molecule has 9 heteroatoms. The van der Waals surface area contributed by atoms with Crippen molar-refractivity contribution < 1.29 is 43.9 Å². The van der Waals surface area contributed by atoms with Gasteiger partial charge in [0.1, 0.15) is 18.0 Å². The van der Waals surface area contributed by atoms with Crippen LogP contribution in [0.3, 0.4) is 0 Å². The molecule has 9 nitrogen and oxygen atoms in total. The Kier molecular flexibility index (Phi) is 11.0. The van der Waals surface area contributed by atoms with Crippen molar-refractivity contribution in [3.8, 4) is 39.9 Å². The largest absolute Gasteiger partial charge is 0.508 e. The van der Waals surface area contributed by atoms with E-state index in [1.807, 2.05) is 91.0 Å². The number of phenolic OH excluding ortho intramolecular Hbond substituents is 3. The number of esters is 2. The average Bonchev–Trinajstić information content (AvgIpc) is 3.29. The maximum absolute atomic E-state index is 14.4. The van der Waals surface area contributed by atoms with Crippen molar-refractivity contribution in [2.24, 2.45) is 23.2 Å². The Hall–Kier alpha value is -6.74. The summed E-state index contributed by atoms with van der Waals surface area (Å²) in [4.78, 5) is 27.8. The van der Waals surface area contributed by atoms with Crippen LogP contribution in [0.4, 0.5) is 0 Å². The minimum Gasteiger partial charge on any atom is -0.508 e. The highest BCUT2D eigenvalue weighted by Crippen LogP contribution is 2.69. The number of allylic oxidation sites excluding steroid dienone is 1. The van der Waals surface area contributed by atoms with Gasteiger partial charge in [-0.25, -0.2) is 0 Å². The quantitative estimate of drug-likeness (QED) is 0.122. The number of phenols is 3. The number of hydrogen-bond donors (Lipinski definition) is 3. The van der Waals surface area contributed by atoms with Crippen LogP contribution in [0.1, 0.15) is 77.8 Å². The minimum atomic E-state index is -0.632. The summed E-state index contributed by atoms with van der Waals surface area (Å²) in [7, 11) is 3.12. The van der Waals surface area contributed by atoms with E-state index in [0.717, 1.165) is 74.5 Å². The molecule has 0 saturated heterocycles. The lowest BCUT2D eigenvalue weighted by atomic mass is 9.40. The first-order valence-electron chi connectivity index (χ1n) is 22.7. The summed E-state index contributed by atoms with van der Waals surface area (Å²) >= 11 is 0. The first-order chi connectivity index (χ1) is 31.5. The molecular weight excluding hydrogens is 817 g/mol. The molecule has 0 unspecified atom stereocenters. The zero-order chi connectivity index (χ0) is 45.0. The van der Waals surface area contributed by atoms with Gasteiger partial charge in [0.2, 0.25) is 0 Å². The maximum atomic E-state index is 14.4. The number of ether oxygens (including phenoxy) is 4. The Bertz CT molecular complexity index is 2820. The summed E-state index contributed by atoms with van der Waals surface area (Å²) in [5.74, 6) is 0.0608. The number of methoxy groups -OCH3 is 2. The standard InChI is InChI=1S/C56H54O9/c1-32(57)64-51-29-41(65-54(61)21-34-14-15-36-23-40(58)27-43(42(36)20-34)35-12-8-5-9-13-35)28-46-44-31-53(63-3)49(59)25-38(44)22-37-16-17-47-45-30-50(60)52(62-2)26-39(45)24-48(51)56(47,55(37)46)19-18-33-10-6-4-7-11-33/h4-15,18-20,23,25-27,30-31,37,41,46-48,51,55,58-60H,16-17,21-22,24,28-29H2,1-3H3/b19-18-/t37-,41+,46-,47+,48-,51-,55-,56-/m1/s1. The van der Waals surface area contributed by atoms with E-state index in [0.29, 0.717) is 24.3 Å². The van der Waals surface area contributed by atoms with Gasteiger partial charge >= 0.3 is 11.9 Å². The number of rotatable bonds is 9. The molecule has 10 rings (SSSR count). The molecule has 2 fully saturated rings. The monoisotopic (exact) mass is 870 g/mol. The first kappa shape index (κ1) is 42.2. The van der Waals surface area contributed by atoms with E-state index in [2.05, 4.69) is 24.3 Å². The van der Waals surface area contributed by atoms with Crippen molar-refractivity contribution in [1.29, 1.82) is 0 Å². The lowest BCUT2D eigenvalue weighted by Gasteiger charge is -2.64. The van der Waals surface area contributed by atoms with Crippen molar-refractivity contribution in [1.82, 2.24) is 0 Å². The summed E-state index contributed by atoms with van der Waals surface area (Å²) < 4.78 is 24.6. The van der Waals surface area contributed by atoms with E-state index in [-0.39, 0.29) is 59.7 Å². The second-order valence-electron chi connectivity index (χ2n) is 18.5. The fourth-order valence-corrected chi connectivity index (χ4v) is 12.7. The maximum Gasteiger partial charge on any atom is 0.310 e. The van der Waals surface area contributed by atoms with Crippen molar-refractivity contribution >= 4 is 28.8 Å². The zero-order valence-electron chi connectivity index (χ0n) is 36.9. The van der Waals surface area contributed by atoms with Gasteiger partial charge in [-0.05, 0) is 154 Å². The second kappa shape index (κ2) is 17.0. The molecule has 6 aromatic carbocycles. The van der Waals surface area contributed by atoms with Crippen LogP contribution in [0.15, 0.2) is 121 Å². The molecule has 2 saturated carbocycles. The van der Waals surface area contributed by atoms with Crippen molar-refractivity contribution in [3.05, 3.63) is 155 Å². The summed E-state index contributed by atoms with van der Waals surface area (Å²) in [6.45, 7) is 1.45. The second-order valence-corrected chi connectivity index (χ2v) is 18.5. The molecule has 0 heterocycles. The summed E-state index contributed by atoms with van der Waals surface area (Å²) in [6, 6.07) is 37.1. The summed E-state index contributed by atoms with van der Waals surface area (Å²) in [5.41, 5.74) is 7.32. The Morgan fingerprint density at radius 3 is 2.22 bits per heavy atom. The Morgan fingerprint density at radius 1 is 0.738 bits per heavy atom. The van der Waals surface area contributed by atoms with Gasteiger partial charge in [0.25, 0.3) is 0 Å². The van der Waals surface area contributed by atoms with Gasteiger partial charge < -0.3 is 34.3 Å². The number of hydrogen-bond acceptors (Lipinski definition) is 9. The minimum absolute atomic E-state index is 0.0146. The molecule has 332 valence electrons. The van der Waals surface area contributed by atoms with Gasteiger partial charge in [-0.2, -0.15) is 0 Å². The van der Waals surface area contributed by atoms with Gasteiger partial charge in [0, 0.05) is 24.7 Å². The normalized spacial score (nSPS) is 25.3. The number of fused-ring (bicyclic) bond motifs is 5. The summed E-state index contributed by atoms with van der Waals surface area (Å²) in [5, 5.41) is 34.9. The molecule has 4 aliphatic carbocycles. The highest BCUT2D eigenvalue weighted by Gasteiger charge is 2.63. The summed E-state index contributed by atoms with van der Waals surface area (Å²) in [6.07, 6.45) is 7.13. The topological polar surface area (TPSA) is 132 Å². The van der Waals surface area contributed by atoms with E-state index >= 15 is 0 Å². The van der Waals surface area contributed by atoms with Crippen molar-refractivity contribution in [2.45, 2.75) is 75.9 Å². The van der Waals surface area contributed by atoms with Crippen LogP contribution >= 0.6 is 0 Å². The van der Waals surface area contributed by atoms with Gasteiger partial charge in [-0.1, -0.05) is 84.9 Å². The predicted molar refractivity (Wildman–Crippen MR) is 249 cm³/mol. The van der Waals surface area contributed by atoms with Crippen LogP contribution in [0.2, 0.25) is 0 Å². The molecule has 3 N–H and O–H groups in total. The molecule has 0 aliphatic heterocycles. The fraction of sp³-hybridized carbons (Fsp3) is 0.321. The van der Waals surface area contributed by atoms with Gasteiger partial charge in [-0.15, -0.1) is 0 Å². The molecule has 8 atom stereocenters. The van der Waals surface area contributed by atoms with E-state index in [4.69, 9.17) is 18.9 Å². The smallest absolute Gasteiger partial charge is 0.310 e. The van der Waals surface area contributed by atoms with Crippen molar-refractivity contribution in [2.75, 3.05) is 14.2 Å². The SMILES string of the molecule is COc1cc2c(cc1O)[C@@H]1CC[C@@H]3Cc4cc(O)c(OC)cc4[C@H]4C[C@H](OC(=O)Cc5ccc6cc(O)cc(-c7ccccc7)c6c5)C[C@@H](OC(C)=O)[C@@H](C2)[C@]1(/C=C\c1ccccc1)[C@H]34. The molecule has 6 aromatic rings. The first-order valence-corrected chi connectivity index (χ1v) is 22.7. The van der Waals surface area contributed by atoms with Crippen LogP contribution in [0, 0.1) is 23.2 Å². The molecule has 0 bridgehead atoms. The van der Waals surface area contributed by atoms with Gasteiger partial charge in [0.15, 0.2) is 23.0 Å². The third kappa shape index (κ3) is 7.64. The third-order valence-corrected chi connectivity index (χ3v) is 15.0. The lowest BCUT2D eigenvalue weighted by molar-refractivity contribution is -0.169. The van der Waals surface area contributed by atoms with E-state index in [1.165, 1.54) is 6.92 Å². The van der Waals surface area contributed by atoms with Gasteiger partial charge in [-0.3, -0.25) is 9.59 Å². The van der Waals surface area contributed by atoms with Crippen LogP contribution in [0.5, 0.6) is 28.7 Å². The molecule has 65 heavy (non-hydrogen) atoms. The van der Waals surface area contributed by atoms with Crippen LogP contribution in [0.25, 0.3) is 28.0 Å². The molecule has 0 aromatic heterocycles. The predicted octanol–water partition coefficient (Wildman–Crippen LogP) is 10.8. The van der Waals surface area contributed by atoms with Crippen molar-refractivity contribution in [3.63, 3.8) is 0 Å². The van der Waals surface area contributed by atoms with Gasteiger partial charge in [0.05, 0.1) is 20.6 Å². The Labute approximate surface area is 379 Å². The van der Waals surface area contributed by atoms with Crippen LogP contribution in [-0.4, -0.2) is 53.7 Å². The Balaban J connectivity index is 1.10. The van der Waals surface area contributed by atoms with Crippen LogP contribution in [-0.2, 0) is 38.3 Å². The van der Waals surface area contributed by atoms with E-state index in [9.17, 15) is 24.9 Å². The number of carbonyl (C=O) groups is 2. The molecular formula is C56H54O9. The number of benzene rings is 6. The lowest BCUT2D eigenvalue weighted by Crippen LogP contribution is -2.59. The zero-order valence-corrected chi connectivity index (χ0v) is 36.9. The molecule has 0 spiro atoms. The fourth-order valence-electron chi connectivity index (χ4n) is 12.7. The van der Waals surface area contributed by atoms with Crippen LogP contribution < -0.4 is 9.47 Å². The highest BCUT2D eigenvalue weighted by molar-refractivity contribution is 5.98. The molecule has 0 amide bonds. The highest BCUT2D eigenvalue weighted by atomic mass is 16.6. The molecule has 0 radical (unpaired) electrons. The Morgan fingerprint density at radius 2 is 1.46 bits per heavy atom. The molecule has 4 aliphatic rings. The van der Waals surface area contributed by atoms with E-state index < -0.39 is 29.6 Å². The van der Waals surface area contributed by atoms with E-state index in [1.54, 1.807) is 26.4 Å². The number of aromatic hydroxyl groups is 3. The third-order valence-electron chi connectivity index (χ3n) is 15.0. The number of carbonyl (C=O) groups excluding carboxylic acids is 2.